The summed E-state index contributed by atoms with van der Waals surface area (Å²) in [6.07, 6.45) is 0.442. The van der Waals surface area contributed by atoms with Crippen LogP contribution in [0.4, 0.5) is 6.01 Å². The van der Waals surface area contributed by atoms with Gasteiger partial charge in [-0.1, -0.05) is 28.8 Å². The molecule has 7 nitrogen and oxygen atoms in total. The van der Waals surface area contributed by atoms with Crippen molar-refractivity contribution in [2.75, 3.05) is 12.4 Å². The smallest absolute Gasteiger partial charge is 0.322 e. The summed E-state index contributed by atoms with van der Waals surface area (Å²) in [5.41, 5.74) is -0.174. The SMILES string of the molecule is COc1ccc(Cc2nnc(NC(=O)C(C)(C)Oc3ccc(Cl)cc3)o2)cc1. The summed E-state index contributed by atoms with van der Waals surface area (Å²) in [5, 5.41) is 11.0. The van der Waals surface area contributed by atoms with Gasteiger partial charge in [-0.3, -0.25) is 10.1 Å². The number of rotatable bonds is 7. The van der Waals surface area contributed by atoms with Gasteiger partial charge < -0.3 is 13.9 Å². The molecule has 0 unspecified atom stereocenters. The molecule has 0 radical (unpaired) electrons. The van der Waals surface area contributed by atoms with Crippen molar-refractivity contribution in [2.45, 2.75) is 25.9 Å². The van der Waals surface area contributed by atoms with E-state index < -0.39 is 11.5 Å². The summed E-state index contributed by atoms with van der Waals surface area (Å²) in [6, 6.07) is 14.3. The lowest BCUT2D eigenvalue weighted by Gasteiger charge is -2.24. The molecule has 1 aromatic heterocycles. The zero-order valence-corrected chi connectivity index (χ0v) is 16.5. The first-order chi connectivity index (χ1) is 13.4. The van der Waals surface area contributed by atoms with Gasteiger partial charge >= 0.3 is 6.01 Å². The number of carbonyl (C=O) groups is 1. The molecule has 0 saturated heterocycles. The lowest BCUT2D eigenvalue weighted by Crippen LogP contribution is -2.42. The molecule has 0 aliphatic carbocycles. The van der Waals surface area contributed by atoms with Crippen LogP contribution < -0.4 is 14.8 Å². The number of methoxy groups -OCH3 is 1. The topological polar surface area (TPSA) is 86.5 Å². The molecule has 0 bridgehead atoms. The molecule has 3 rings (SSSR count). The maximum Gasteiger partial charge on any atom is 0.322 e. The molecular weight excluding hydrogens is 382 g/mol. The molecule has 1 N–H and O–H groups in total. The van der Waals surface area contributed by atoms with Gasteiger partial charge in [0.15, 0.2) is 5.60 Å². The van der Waals surface area contributed by atoms with Crippen molar-refractivity contribution in [3.63, 3.8) is 0 Å². The van der Waals surface area contributed by atoms with Gasteiger partial charge in [-0.05, 0) is 55.8 Å². The largest absolute Gasteiger partial charge is 0.497 e. The number of hydrogen-bond acceptors (Lipinski definition) is 6. The van der Waals surface area contributed by atoms with E-state index in [1.54, 1.807) is 45.2 Å². The lowest BCUT2D eigenvalue weighted by atomic mass is 10.1. The number of halogens is 1. The van der Waals surface area contributed by atoms with Crippen LogP contribution in [0, 0.1) is 0 Å². The van der Waals surface area contributed by atoms with E-state index in [1.807, 2.05) is 24.3 Å². The molecule has 28 heavy (non-hydrogen) atoms. The second kappa shape index (κ2) is 8.31. The molecule has 3 aromatic rings. The van der Waals surface area contributed by atoms with Crippen molar-refractivity contribution in [3.8, 4) is 11.5 Å². The highest BCUT2D eigenvalue weighted by Crippen LogP contribution is 2.22. The summed E-state index contributed by atoms with van der Waals surface area (Å²) in [7, 11) is 1.61. The number of nitrogens with one attached hydrogen (secondary N) is 1. The van der Waals surface area contributed by atoms with Crippen molar-refractivity contribution in [1.29, 1.82) is 0 Å². The van der Waals surface area contributed by atoms with Crippen LogP contribution in [0.15, 0.2) is 52.9 Å². The van der Waals surface area contributed by atoms with Gasteiger partial charge in [-0.25, -0.2) is 0 Å². The van der Waals surface area contributed by atoms with Crippen LogP contribution in [0.2, 0.25) is 5.02 Å². The van der Waals surface area contributed by atoms with Crippen molar-refractivity contribution in [2.24, 2.45) is 0 Å². The van der Waals surface area contributed by atoms with E-state index in [4.69, 9.17) is 25.5 Å². The molecule has 0 spiro atoms. The number of carbonyl (C=O) groups excluding carboxylic acids is 1. The van der Waals surface area contributed by atoms with Gasteiger partial charge in [0.1, 0.15) is 11.5 Å². The minimum atomic E-state index is -1.15. The first-order valence-corrected chi connectivity index (χ1v) is 8.95. The van der Waals surface area contributed by atoms with Crippen LogP contribution in [0.1, 0.15) is 25.3 Å². The monoisotopic (exact) mass is 401 g/mol. The molecule has 0 fully saturated rings. The number of hydrogen-bond donors (Lipinski definition) is 1. The number of anilines is 1. The Morgan fingerprint density at radius 2 is 1.71 bits per heavy atom. The Morgan fingerprint density at radius 1 is 1.07 bits per heavy atom. The molecule has 1 amide bonds. The quantitative estimate of drug-likeness (QED) is 0.640. The Morgan fingerprint density at radius 3 is 2.36 bits per heavy atom. The standard InChI is InChI=1S/C20H20ClN3O4/c1-20(2,28-16-10-6-14(21)7-11-16)18(25)22-19-24-23-17(27-19)12-13-4-8-15(26-3)9-5-13/h4-11H,12H2,1-3H3,(H,22,24,25). The van der Waals surface area contributed by atoms with Gasteiger partial charge in [-0.2, -0.15) is 0 Å². The van der Waals surface area contributed by atoms with Crippen LogP contribution in [0.5, 0.6) is 11.5 Å². The van der Waals surface area contributed by atoms with Gasteiger partial charge in [0.05, 0.1) is 13.5 Å². The number of nitrogens with zero attached hydrogens (tertiary/aromatic N) is 2. The Labute approximate surface area is 167 Å². The van der Waals surface area contributed by atoms with Crippen molar-refractivity contribution >= 4 is 23.5 Å². The summed E-state index contributed by atoms with van der Waals surface area (Å²) in [4.78, 5) is 12.5. The third-order valence-electron chi connectivity index (χ3n) is 3.94. The minimum absolute atomic E-state index is 0.0151. The highest BCUT2D eigenvalue weighted by molar-refractivity contribution is 6.30. The predicted octanol–water partition coefficient (Wildman–Crippen LogP) is 4.12. The lowest BCUT2D eigenvalue weighted by molar-refractivity contribution is -0.128. The zero-order chi connectivity index (χ0) is 20.1. The zero-order valence-electron chi connectivity index (χ0n) is 15.7. The maximum atomic E-state index is 12.5. The fraction of sp³-hybridized carbons (Fsp3) is 0.250. The van der Waals surface area contributed by atoms with Crippen LogP contribution in [0.25, 0.3) is 0 Å². The third kappa shape index (κ3) is 5.01. The fourth-order valence-corrected chi connectivity index (χ4v) is 2.51. The highest BCUT2D eigenvalue weighted by Gasteiger charge is 2.31. The fourth-order valence-electron chi connectivity index (χ4n) is 2.38. The first-order valence-electron chi connectivity index (χ1n) is 8.57. The molecule has 8 heteroatoms. The summed E-state index contributed by atoms with van der Waals surface area (Å²) >= 11 is 5.86. The minimum Gasteiger partial charge on any atom is -0.497 e. The number of amides is 1. The molecule has 0 saturated carbocycles. The van der Waals surface area contributed by atoms with Gasteiger partial charge in [0, 0.05) is 5.02 Å². The second-order valence-electron chi connectivity index (χ2n) is 6.55. The predicted molar refractivity (Wildman–Crippen MR) is 105 cm³/mol. The Hall–Kier alpha value is -3.06. The Balaban J connectivity index is 1.61. The Bertz CT molecular complexity index is 937. The number of ether oxygens (including phenoxy) is 2. The van der Waals surface area contributed by atoms with Crippen LogP contribution in [0.3, 0.4) is 0 Å². The molecule has 2 aromatic carbocycles. The third-order valence-corrected chi connectivity index (χ3v) is 4.19. The second-order valence-corrected chi connectivity index (χ2v) is 6.98. The summed E-state index contributed by atoms with van der Waals surface area (Å²) in [6.45, 7) is 3.29. The van der Waals surface area contributed by atoms with Crippen LogP contribution >= 0.6 is 11.6 Å². The molecule has 146 valence electrons. The van der Waals surface area contributed by atoms with Crippen molar-refractivity contribution in [1.82, 2.24) is 10.2 Å². The first kappa shape index (κ1) is 19.7. The van der Waals surface area contributed by atoms with E-state index in [9.17, 15) is 4.79 Å². The maximum absolute atomic E-state index is 12.5. The van der Waals surface area contributed by atoms with E-state index in [-0.39, 0.29) is 6.01 Å². The van der Waals surface area contributed by atoms with Crippen LogP contribution in [-0.4, -0.2) is 28.8 Å². The average molecular weight is 402 g/mol. The van der Waals surface area contributed by atoms with Gasteiger partial charge in [0.25, 0.3) is 5.91 Å². The molecule has 0 aliphatic heterocycles. The van der Waals surface area contributed by atoms with Crippen LogP contribution in [-0.2, 0) is 11.2 Å². The van der Waals surface area contributed by atoms with Gasteiger partial charge in [-0.15, -0.1) is 5.10 Å². The summed E-state index contributed by atoms with van der Waals surface area (Å²) < 4.78 is 16.4. The number of benzene rings is 2. The number of aromatic nitrogens is 2. The average Bonchev–Trinajstić information content (AvgIpc) is 3.11. The summed E-state index contributed by atoms with van der Waals surface area (Å²) in [5.74, 6) is 1.26. The molecular formula is C20H20ClN3O4. The van der Waals surface area contributed by atoms with E-state index in [0.29, 0.717) is 23.1 Å². The normalized spacial score (nSPS) is 11.1. The van der Waals surface area contributed by atoms with E-state index >= 15 is 0 Å². The molecule has 0 atom stereocenters. The molecule has 1 heterocycles. The van der Waals surface area contributed by atoms with Gasteiger partial charge in [0.2, 0.25) is 5.89 Å². The molecule has 0 aliphatic rings. The van der Waals surface area contributed by atoms with E-state index in [1.165, 1.54) is 0 Å². The van der Waals surface area contributed by atoms with E-state index in [0.717, 1.165) is 11.3 Å². The van der Waals surface area contributed by atoms with Crippen molar-refractivity contribution in [3.05, 3.63) is 65.0 Å². The highest BCUT2D eigenvalue weighted by atomic mass is 35.5. The van der Waals surface area contributed by atoms with E-state index in [2.05, 4.69) is 15.5 Å². The Kier molecular flexibility index (Phi) is 5.84. The van der Waals surface area contributed by atoms with Crippen molar-refractivity contribution < 1.29 is 18.7 Å².